The van der Waals surface area contributed by atoms with Gasteiger partial charge in [-0.15, -0.1) is 5.10 Å². The zero-order chi connectivity index (χ0) is 15.9. The highest BCUT2D eigenvalue weighted by atomic mass is 35.5. The van der Waals surface area contributed by atoms with Crippen LogP contribution in [0.4, 0.5) is 4.39 Å². The van der Waals surface area contributed by atoms with Crippen LogP contribution in [-0.2, 0) is 5.41 Å². The summed E-state index contributed by atoms with van der Waals surface area (Å²) >= 11 is 7.27. The van der Waals surface area contributed by atoms with Gasteiger partial charge in [0.25, 0.3) is 0 Å². The van der Waals surface area contributed by atoms with Crippen LogP contribution in [0.3, 0.4) is 0 Å². The fraction of sp³-hybridized carbons (Fsp3) is 0.438. The number of ketones is 1. The van der Waals surface area contributed by atoms with Gasteiger partial charge in [-0.05, 0) is 36.5 Å². The molecule has 0 spiro atoms. The maximum Gasteiger partial charge on any atom is 0.177 e. The smallest absolute Gasteiger partial charge is 0.177 e. The van der Waals surface area contributed by atoms with Crippen molar-refractivity contribution in [2.45, 2.75) is 44.4 Å². The molecule has 1 heterocycles. The molecule has 1 saturated carbocycles. The van der Waals surface area contributed by atoms with Crippen molar-refractivity contribution in [3.63, 3.8) is 0 Å². The molecule has 22 heavy (non-hydrogen) atoms. The minimum absolute atomic E-state index is 0.0405. The Labute approximate surface area is 137 Å². The Bertz CT molecular complexity index is 704. The second kappa shape index (κ2) is 5.70. The molecule has 1 aliphatic carbocycles. The predicted octanol–water partition coefficient (Wildman–Crippen LogP) is 4.76. The van der Waals surface area contributed by atoms with Crippen LogP contribution in [0.1, 0.15) is 60.0 Å². The number of benzene rings is 1. The number of rotatable bonds is 5. The second-order valence-electron chi connectivity index (χ2n) is 6.34. The summed E-state index contributed by atoms with van der Waals surface area (Å²) in [6.45, 7) is 3.67. The summed E-state index contributed by atoms with van der Waals surface area (Å²) in [5, 5.41) is 4.43. The maximum absolute atomic E-state index is 14.1. The molecule has 0 saturated heterocycles. The van der Waals surface area contributed by atoms with Crippen LogP contribution >= 0.6 is 23.1 Å². The third-order valence-electron chi connectivity index (χ3n) is 3.97. The number of Topliss-reactive ketones (excluding diaryl/α,β-unsaturated/α-hetero) is 1. The number of hydrogen-bond acceptors (Lipinski definition) is 4. The van der Waals surface area contributed by atoms with Gasteiger partial charge in [0.15, 0.2) is 5.78 Å². The van der Waals surface area contributed by atoms with E-state index in [0.29, 0.717) is 21.4 Å². The monoisotopic (exact) mass is 338 g/mol. The summed E-state index contributed by atoms with van der Waals surface area (Å²) in [6, 6.07) is 4.59. The van der Waals surface area contributed by atoms with Crippen LogP contribution in [0.5, 0.6) is 0 Å². The standard InChI is InChI=1S/C16H16ClFN2OS/c1-16(2,13-10(17)4-3-5-11(13)18)8-12(21)15-14(9-6-7-9)19-20-22-15/h3-5,9H,6-8H2,1-2H3. The Morgan fingerprint density at radius 3 is 2.82 bits per heavy atom. The highest BCUT2D eigenvalue weighted by molar-refractivity contribution is 7.08. The quantitative estimate of drug-likeness (QED) is 0.738. The number of aromatic nitrogens is 2. The molecule has 1 aliphatic rings. The SMILES string of the molecule is CC(C)(CC(=O)c1snnc1C1CC1)c1c(F)cccc1Cl. The van der Waals surface area contributed by atoms with E-state index in [1.165, 1.54) is 6.07 Å². The van der Waals surface area contributed by atoms with Crippen LogP contribution in [-0.4, -0.2) is 15.4 Å². The molecule has 3 nitrogen and oxygen atoms in total. The molecule has 0 radical (unpaired) electrons. The van der Waals surface area contributed by atoms with E-state index in [-0.39, 0.29) is 18.0 Å². The molecule has 0 amide bonds. The van der Waals surface area contributed by atoms with Crippen LogP contribution in [0.2, 0.25) is 5.02 Å². The molecule has 2 aromatic rings. The fourth-order valence-corrected chi connectivity index (χ4v) is 3.83. The Balaban J connectivity index is 1.87. The molecule has 116 valence electrons. The number of nitrogens with zero attached hydrogens (tertiary/aromatic N) is 2. The summed E-state index contributed by atoms with van der Waals surface area (Å²) in [5.41, 5.74) is 0.505. The molecule has 1 fully saturated rings. The molecule has 0 N–H and O–H groups in total. The van der Waals surface area contributed by atoms with E-state index in [2.05, 4.69) is 9.59 Å². The topological polar surface area (TPSA) is 42.9 Å². The molecule has 1 aromatic heterocycles. The second-order valence-corrected chi connectivity index (χ2v) is 7.50. The molecular formula is C16H16ClFN2OS. The number of halogens is 2. The van der Waals surface area contributed by atoms with E-state index < -0.39 is 5.41 Å². The molecule has 0 aliphatic heterocycles. The van der Waals surface area contributed by atoms with Gasteiger partial charge in [0, 0.05) is 28.3 Å². The van der Waals surface area contributed by atoms with Crippen molar-refractivity contribution in [2.24, 2.45) is 0 Å². The molecule has 3 rings (SSSR count). The van der Waals surface area contributed by atoms with E-state index >= 15 is 0 Å². The average Bonchev–Trinajstić information content (AvgIpc) is 3.14. The Morgan fingerprint density at radius 2 is 2.18 bits per heavy atom. The van der Waals surface area contributed by atoms with Crippen LogP contribution in [0.25, 0.3) is 0 Å². The first-order valence-corrected chi connectivity index (χ1v) is 8.35. The zero-order valence-electron chi connectivity index (χ0n) is 12.4. The van der Waals surface area contributed by atoms with Crippen LogP contribution < -0.4 is 0 Å². The first-order chi connectivity index (χ1) is 10.4. The highest BCUT2D eigenvalue weighted by Gasteiger charge is 2.35. The molecule has 6 heteroatoms. The summed E-state index contributed by atoms with van der Waals surface area (Å²) in [5.74, 6) is -0.0470. The van der Waals surface area contributed by atoms with Crippen LogP contribution in [0.15, 0.2) is 18.2 Å². The third-order valence-corrected chi connectivity index (χ3v) is 5.07. The molecule has 1 aromatic carbocycles. The van der Waals surface area contributed by atoms with Crippen molar-refractivity contribution in [1.29, 1.82) is 0 Å². The van der Waals surface area contributed by atoms with Crippen molar-refractivity contribution in [3.8, 4) is 0 Å². The lowest BCUT2D eigenvalue weighted by atomic mass is 9.79. The first-order valence-electron chi connectivity index (χ1n) is 7.20. The predicted molar refractivity (Wildman–Crippen MR) is 85.3 cm³/mol. The third kappa shape index (κ3) is 2.92. The van der Waals surface area contributed by atoms with E-state index in [0.717, 1.165) is 30.1 Å². The molecule has 0 unspecified atom stereocenters. The molecular weight excluding hydrogens is 323 g/mol. The minimum atomic E-state index is -0.690. The van der Waals surface area contributed by atoms with E-state index in [4.69, 9.17) is 11.6 Å². The number of hydrogen-bond donors (Lipinski definition) is 0. The minimum Gasteiger partial charge on any atom is -0.293 e. The average molecular weight is 339 g/mol. The summed E-state index contributed by atoms with van der Waals surface area (Å²) in [7, 11) is 0. The van der Waals surface area contributed by atoms with Gasteiger partial charge in [-0.2, -0.15) is 0 Å². The Hall–Kier alpha value is -1.33. The van der Waals surface area contributed by atoms with Crippen molar-refractivity contribution in [2.75, 3.05) is 0 Å². The van der Waals surface area contributed by atoms with Crippen molar-refractivity contribution in [1.82, 2.24) is 9.59 Å². The maximum atomic E-state index is 14.1. The highest BCUT2D eigenvalue weighted by Crippen LogP contribution is 2.42. The fourth-order valence-electron chi connectivity index (χ4n) is 2.73. The lowest BCUT2D eigenvalue weighted by Gasteiger charge is -2.26. The summed E-state index contributed by atoms with van der Waals surface area (Å²) < 4.78 is 18.1. The lowest BCUT2D eigenvalue weighted by Crippen LogP contribution is -2.24. The summed E-state index contributed by atoms with van der Waals surface area (Å²) in [4.78, 5) is 13.2. The van der Waals surface area contributed by atoms with Crippen molar-refractivity contribution in [3.05, 3.63) is 45.2 Å². The number of carbonyl (C=O) groups excluding carboxylic acids is 1. The van der Waals surface area contributed by atoms with E-state index in [9.17, 15) is 9.18 Å². The zero-order valence-corrected chi connectivity index (χ0v) is 14.0. The van der Waals surface area contributed by atoms with Gasteiger partial charge in [0.1, 0.15) is 10.7 Å². The van der Waals surface area contributed by atoms with E-state index in [1.54, 1.807) is 12.1 Å². The lowest BCUT2D eigenvalue weighted by molar-refractivity contribution is 0.0960. The van der Waals surface area contributed by atoms with Gasteiger partial charge in [-0.25, -0.2) is 4.39 Å². The number of carbonyl (C=O) groups is 1. The van der Waals surface area contributed by atoms with Crippen molar-refractivity contribution >= 4 is 28.9 Å². The van der Waals surface area contributed by atoms with Gasteiger partial charge < -0.3 is 0 Å². The molecule has 0 bridgehead atoms. The van der Waals surface area contributed by atoms with E-state index in [1.807, 2.05) is 13.8 Å². The summed E-state index contributed by atoms with van der Waals surface area (Å²) in [6.07, 6.45) is 2.31. The Kier molecular flexibility index (Phi) is 4.03. The van der Waals surface area contributed by atoms with Gasteiger partial charge in [0.2, 0.25) is 0 Å². The van der Waals surface area contributed by atoms with Crippen molar-refractivity contribution < 1.29 is 9.18 Å². The normalized spacial score (nSPS) is 15.1. The van der Waals surface area contributed by atoms with Gasteiger partial charge in [-0.3, -0.25) is 4.79 Å². The van der Waals surface area contributed by atoms with Gasteiger partial charge in [-0.1, -0.05) is 36.0 Å². The van der Waals surface area contributed by atoms with Gasteiger partial charge >= 0.3 is 0 Å². The van der Waals surface area contributed by atoms with Crippen LogP contribution in [0, 0.1) is 5.82 Å². The first kappa shape index (κ1) is 15.6. The Morgan fingerprint density at radius 1 is 1.45 bits per heavy atom. The molecule has 0 atom stereocenters. The van der Waals surface area contributed by atoms with Gasteiger partial charge in [0.05, 0.1) is 5.69 Å². The largest absolute Gasteiger partial charge is 0.293 e.